The standard InChI is InChI=1S/C18H11BrFN/c19-16-6-3-5-15-14-4-1-2-7-17(14)21(18(15)16)13-10-8-12(20)9-11-13/h1-11H. The summed E-state index contributed by atoms with van der Waals surface area (Å²) in [5.74, 6) is -0.224. The molecule has 1 heterocycles. The van der Waals surface area contributed by atoms with Gasteiger partial charge >= 0.3 is 0 Å². The number of hydrogen-bond donors (Lipinski definition) is 0. The molecule has 4 aromatic rings. The van der Waals surface area contributed by atoms with E-state index in [1.807, 2.05) is 24.3 Å². The molecule has 0 spiro atoms. The van der Waals surface area contributed by atoms with E-state index in [1.54, 1.807) is 12.1 Å². The summed E-state index contributed by atoms with van der Waals surface area (Å²) >= 11 is 3.64. The van der Waals surface area contributed by atoms with Crippen LogP contribution in [0.4, 0.5) is 4.39 Å². The van der Waals surface area contributed by atoms with Gasteiger partial charge in [-0.25, -0.2) is 4.39 Å². The number of rotatable bonds is 1. The van der Waals surface area contributed by atoms with Gasteiger partial charge in [0.25, 0.3) is 0 Å². The molecule has 0 atom stereocenters. The van der Waals surface area contributed by atoms with Gasteiger partial charge in [0, 0.05) is 20.9 Å². The summed E-state index contributed by atoms with van der Waals surface area (Å²) in [6, 6.07) is 21.0. The van der Waals surface area contributed by atoms with Crippen molar-refractivity contribution in [2.45, 2.75) is 0 Å². The van der Waals surface area contributed by atoms with Gasteiger partial charge in [0.15, 0.2) is 0 Å². The van der Waals surface area contributed by atoms with Crippen molar-refractivity contribution in [3.8, 4) is 5.69 Å². The third kappa shape index (κ3) is 1.88. The summed E-state index contributed by atoms with van der Waals surface area (Å²) in [5.41, 5.74) is 3.17. The fraction of sp³-hybridized carbons (Fsp3) is 0. The zero-order valence-electron chi connectivity index (χ0n) is 11.1. The van der Waals surface area contributed by atoms with Gasteiger partial charge in [0.1, 0.15) is 5.82 Å². The average Bonchev–Trinajstić information content (AvgIpc) is 2.84. The molecular formula is C18H11BrFN. The van der Waals surface area contributed by atoms with Crippen LogP contribution in [-0.4, -0.2) is 4.57 Å². The van der Waals surface area contributed by atoms with Gasteiger partial charge in [-0.05, 0) is 52.3 Å². The highest BCUT2D eigenvalue weighted by Gasteiger charge is 2.13. The summed E-state index contributed by atoms with van der Waals surface area (Å²) in [6.45, 7) is 0. The van der Waals surface area contributed by atoms with Gasteiger partial charge in [-0.15, -0.1) is 0 Å². The van der Waals surface area contributed by atoms with Crippen LogP contribution in [0, 0.1) is 5.82 Å². The SMILES string of the molecule is Fc1ccc(-n2c3ccccc3c3cccc(Br)c32)cc1. The highest BCUT2D eigenvalue weighted by Crippen LogP contribution is 2.35. The molecule has 0 N–H and O–H groups in total. The first kappa shape index (κ1) is 12.6. The van der Waals surface area contributed by atoms with Gasteiger partial charge in [0.05, 0.1) is 11.0 Å². The Labute approximate surface area is 129 Å². The normalized spacial score (nSPS) is 11.3. The van der Waals surface area contributed by atoms with E-state index in [1.165, 1.54) is 22.9 Å². The summed E-state index contributed by atoms with van der Waals surface area (Å²) < 4.78 is 16.4. The molecule has 0 aliphatic heterocycles. The molecule has 0 amide bonds. The summed E-state index contributed by atoms with van der Waals surface area (Å²) in [6.07, 6.45) is 0. The van der Waals surface area contributed by atoms with Crippen molar-refractivity contribution in [2.75, 3.05) is 0 Å². The molecule has 4 rings (SSSR count). The molecule has 0 radical (unpaired) electrons. The zero-order valence-corrected chi connectivity index (χ0v) is 12.6. The predicted octanol–water partition coefficient (Wildman–Crippen LogP) is 5.69. The highest BCUT2D eigenvalue weighted by molar-refractivity contribution is 9.10. The minimum atomic E-state index is -0.224. The molecule has 0 aliphatic carbocycles. The van der Waals surface area contributed by atoms with Crippen LogP contribution >= 0.6 is 15.9 Å². The van der Waals surface area contributed by atoms with E-state index in [0.717, 1.165) is 21.2 Å². The molecule has 102 valence electrons. The predicted molar refractivity (Wildman–Crippen MR) is 88.4 cm³/mol. The lowest BCUT2D eigenvalue weighted by Crippen LogP contribution is -1.94. The van der Waals surface area contributed by atoms with Gasteiger partial charge in [-0.1, -0.05) is 30.3 Å². The van der Waals surface area contributed by atoms with Crippen LogP contribution in [0.25, 0.3) is 27.5 Å². The Balaban J connectivity index is 2.21. The van der Waals surface area contributed by atoms with E-state index in [-0.39, 0.29) is 5.82 Å². The molecule has 3 heteroatoms. The first-order chi connectivity index (χ1) is 10.3. The van der Waals surface area contributed by atoms with Gasteiger partial charge < -0.3 is 4.57 Å². The summed E-state index contributed by atoms with van der Waals surface area (Å²) in [4.78, 5) is 0. The molecule has 0 bridgehead atoms. The van der Waals surface area contributed by atoms with Crippen molar-refractivity contribution in [2.24, 2.45) is 0 Å². The van der Waals surface area contributed by atoms with Crippen molar-refractivity contribution in [1.29, 1.82) is 0 Å². The lowest BCUT2D eigenvalue weighted by molar-refractivity contribution is 0.627. The minimum Gasteiger partial charge on any atom is -0.308 e. The van der Waals surface area contributed by atoms with Crippen LogP contribution < -0.4 is 0 Å². The Morgan fingerprint density at radius 1 is 0.762 bits per heavy atom. The fourth-order valence-electron chi connectivity index (χ4n) is 2.84. The molecular weight excluding hydrogens is 329 g/mol. The molecule has 0 aliphatic rings. The number of fused-ring (bicyclic) bond motifs is 3. The first-order valence-electron chi connectivity index (χ1n) is 6.69. The maximum absolute atomic E-state index is 13.2. The van der Waals surface area contributed by atoms with E-state index >= 15 is 0 Å². The first-order valence-corrected chi connectivity index (χ1v) is 7.48. The highest BCUT2D eigenvalue weighted by atomic mass is 79.9. The molecule has 1 nitrogen and oxygen atoms in total. The molecule has 0 saturated carbocycles. The van der Waals surface area contributed by atoms with Gasteiger partial charge in [-0.3, -0.25) is 0 Å². The third-order valence-electron chi connectivity index (χ3n) is 3.73. The second-order valence-corrected chi connectivity index (χ2v) is 5.82. The van der Waals surface area contributed by atoms with Gasteiger partial charge in [-0.2, -0.15) is 0 Å². The third-order valence-corrected chi connectivity index (χ3v) is 4.37. The van der Waals surface area contributed by atoms with Crippen LogP contribution in [0.5, 0.6) is 0 Å². The van der Waals surface area contributed by atoms with Crippen LogP contribution in [0.3, 0.4) is 0 Å². The molecule has 3 aromatic carbocycles. The van der Waals surface area contributed by atoms with Crippen molar-refractivity contribution in [3.05, 3.63) is 77.0 Å². The van der Waals surface area contributed by atoms with Crippen molar-refractivity contribution in [3.63, 3.8) is 0 Å². The van der Waals surface area contributed by atoms with E-state index in [4.69, 9.17) is 0 Å². The van der Waals surface area contributed by atoms with Gasteiger partial charge in [0.2, 0.25) is 0 Å². The number of aromatic nitrogens is 1. The molecule has 21 heavy (non-hydrogen) atoms. The number of benzene rings is 3. The number of halogens is 2. The summed E-state index contributed by atoms with van der Waals surface area (Å²) in [7, 11) is 0. The Morgan fingerprint density at radius 3 is 2.29 bits per heavy atom. The van der Waals surface area contributed by atoms with Crippen molar-refractivity contribution in [1.82, 2.24) is 4.57 Å². The van der Waals surface area contributed by atoms with E-state index in [2.05, 4.69) is 38.7 Å². The van der Waals surface area contributed by atoms with E-state index < -0.39 is 0 Å². The lowest BCUT2D eigenvalue weighted by Gasteiger charge is -2.08. The molecule has 0 fully saturated rings. The fourth-order valence-corrected chi connectivity index (χ4v) is 3.38. The second-order valence-electron chi connectivity index (χ2n) is 4.96. The quantitative estimate of drug-likeness (QED) is 0.420. The topological polar surface area (TPSA) is 4.93 Å². The van der Waals surface area contributed by atoms with Crippen LogP contribution in [0.2, 0.25) is 0 Å². The van der Waals surface area contributed by atoms with Crippen LogP contribution in [-0.2, 0) is 0 Å². The Morgan fingerprint density at radius 2 is 1.48 bits per heavy atom. The summed E-state index contributed by atoms with van der Waals surface area (Å²) in [5, 5.41) is 2.38. The maximum atomic E-state index is 13.2. The lowest BCUT2D eigenvalue weighted by atomic mass is 10.2. The number of nitrogens with zero attached hydrogens (tertiary/aromatic N) is 1. The number of para-hydroxylation sites is 2. The Hall–Kier alpha value is -2.13. The van der Waals surface area contributed by atoms with Crippen LogP contribution in [0.15, 0.2) is 71.2 Å². The molecule has 0 saturated heterocycles. The smallest absolute Gasteiger partial charge is 0.123 e. The van der Waals surface area contributed by atoms with Crippen molar-refractivity contribution >= 4 is 37.7 Å². The Bertz CT molecular complexity index is 954. The van der Waals surface area contributed by atoms with Crippen LogP contribution in [0.1, 0.15) is 0 Å². The monoisotopic (exact) mass is 339 g/mol. The Kier molecular flexibility index (Phi) is 2.82. The maximum Gasteiger partial charge on any atom is 0.123 e. The zero-order chi connectivity index (χ0) is 14.4. The van der Waals surface area contributed by atoms with E-state index in [0.29, 0.717) is 0 Å². The second kappa shape index (κ2) is 4.71. The average molecular weight is 340 g/mol. The largest absolute Gasteiger partial charge is 0.308 e. The van der Waals surface area contributed by atoms with Crippen molar-refractivity contribution < 1.29 is 4.39 Å². The molecule has 1 aromatic heterocycles. The minimum absolute atomic E-state index is 0.224. The van der Waals surface area contributed by atoms with E-state index in [9.17, 15) is 4.39 Å². The number of hydrogen-bond acceptors (Lipinski definition) is 0. The molecule has 0 unspecified atom stereocenters.